The van der Waals surface area contributed by atoms with Crippen LogP contribution in [0.4, 0.5) is 5.69 Å². The zero-order chi connectivity index (χ0) is 14.5. The number of nitrogens with zero attached hydrogens (tertiary/aromatic N) is 1. The molecule has 0 bridgehead atoms. The Balaban J connectivity index is 2.12. The summed E-state index contributed by atoms with van der Waals surface area (Å²) in [5.74, 6) is 0.817. The molecule has 20 heavy (non-hydrogen) atoms. The van der Waals surface area contributed by atoms with E-state index < -0.39 is 4.92 Å². The van der Waals surface area contributed by atoms with E-state index >= 15 is 0 Å². The van der Waals surface area contributed by atoms with Crippen LogP contribution < -0.4 is 9.47 Å². The molecule has 2 aromatic rings. The summed E-state index contributed by atoms with van der Waals surface area (Å²) in [5, 5.41) is 10.7. The zero-order valence-electron chi connectivity index (χ0n) is 10.7. The fraction of sp³-hybridized carbons (Fsp3) is 0.143. The first-order valence-corrected chi connectivity index (χ1v) is 6.59. The standard InChI is InChI=1S/C14H12BrNO4/c1-19-14-8-12(16(17)18)6-7-13(14)20-9-10-2-4-11(15)5-3-10/h2-8H,9H2,1H3. The summed E-state index contributed by atoms with van der Waals surface area (Å²) in [7, 11) is 1.45. The van der Waals surface area contributed by atoms with E-state index in [9.17, 15) is 10.1 Å². The van der Waals surface area contributed by atoms with Crippen LogP contribution >= 0.6 is 15.9 Å². The van der Waals surface area contributed by atoms with E-state index in [-0.39, 0.29) is 5.69 Å². The molecule has 104 valence electrons. The van der Waals surface area contributed by atoms with Gasteiger partial charge in [0.15, 0.2) is 11.5 Å². The van der Waals surface area contributed by atoms with Gasteiger partial charge in [0.1, 0.15) is 6.61 Å². The molecule has 0 atom stereocenters. The molecule has 2 rings (SSSR count). The fourth-order valence-corrected chi connectivity index (χ4v) is 1.90. The molecule has 0 saturated heterocycles. The minimum Gasteiger partial charge on any atom is -0.493 e. The van der Waals surface area contributed by atoms with Crippen LogP contribution in [0.15, 0.2) is 46.9 Å². The van der Waals surface area contributed by atoms with Gasteiger partial charge in [-0.3, -0.25) is 10.1 Å². The number of non-ortho nitro benzene ring substituents is 1. The van der Waals surface area contributed by atoms with Gasteiger partial charge in [-0.1, -0.05) is 28.1 Å². The molecular formula is C14H12BrNO4. The molecule has 0 spiro atoms. The number of benzene rings is 2. The summed E-state index contributed by atoms with van der Waals surface area (Å²) in [6, 6.07) is 12.0. The van der Waals surface area contributed by atoms with Crippen molar-refractivity contribution in [1.82, 2.24) is 0 Å². The quantitative estimate of drug-likeness (QED) is 0.612. The first-order chi connectivity index (χ1) is 9.60. The monoisotopic (exact) mass is 337 g/mol. The van der Waals surface area contributed by atoms with Crippen molar-refractivity contribution in [2.45, 2.75) is 6.61 Å². The van der Waals surface area contributed by atoms with Gasteiger partial charge in [-0.05, 0) is 23.8 Å². The van der Waals surface area contributed by atoms with E-state index in [1.165, 1.54) is 25.3 Å². The first kappa shape index (κ1) is 14.3. The summed E-state index contributed by atoms with van der Waals surface area (Å²) in [6.45, 7) is 0.363. The molecule has 0 aliphatic carbocycles. The number of nitro benzene ring substituents is 1. The molecule has 0 heterocycles. The van der Waals surface area contributed by atoms with Crippen molar-refractivity contribution in [1.29, 1.82) is 0 Å². The smallest absolute Gasteiger partial charge is 0.273 e. The van der Waals surface area contributed by atoms with Crippen molar-refractivity contribution in [2.75, 3.05) is 7.11 Å². The van der Waals surface area contributed by atoms with Gasteiger partial charge in [-0.15, -0.1) is 0 Å². The SMILES string of the molecule is COc1cc([N+](=O)[O-])ccc1OCc1ccc(Br)cc1. The first-order valence-electron chi connectivity index (χ1n) is 5.80. The maximum absolute atomic E-state index is 10.7. The third-order valence-corrected chi connectivity index (χ3v) is 3.19. The maximum Gasteiger partial charge on any atom is 0.273 e. The molecule has 0 radical (unpaired) electrons. The maximum atomic E-state index is 10.7. The van der Waals surface area contributed by atoms with E-state index in [1.54, 1.807) is 0 Å². The van der Waals surface area contributed by atoms with Crippen LogP contribution in [0, 0.1) is 10.1 Å². The second kappa shape index (κ2) is 6.38. The van der Waals surface area contributed by atoms with Crippen molar-refractivity contribution in [3.63, 3.8) is 0 Å². The van der Waals surface area contributed by atoms with Crippen molar-refractivity contribution in [2.24, 2.45) is 0 Å². The lowest BCUT2D eigenvalue weighted by molar-refractivity contribution is -0.385. The molecule has 0 aliphatic rings. The summed E-state index contributed by atoms with van der Waals surface area (Å²) >= 11 is 3.36. The Morgan fingerprint density at radius 1 is 1.15 bits per heavy atom. The van der Waals surface area contributed by atoms with Gasteiger partial charge in [0.25, 0.3) is 5.69 Å². The van der Waals surface area contributed by atoms with Gasteiger partial charge >= 0.3 is 0 Å². The predicted octanol–water partition coefficient (Wildman–Crippen LogP) is 3.94. The molecule has 0 aliphatic heterocycles. The number of ether oxygens (including phenoxy) is 2. The summed E-state index contributed by atoms with van der Waals surface area (Å²) in [6.07, 6.45) is 0. The topological polar surface area (TPSA) is 61.6 Å². The highest BCUT2D eigenvalue weighted by Gasteiger charge is 2.12. The largest absolute Gasteiger partial charge is 0.493 e. The van der Waals surface area contributed by atoms with Crippen LogP contribution in [0.1, 0.15) is 5.56 Å². The van der Waals surface area contributed by atoms with Crippen molar-refractivity contribution >= 4 is 21.6 Å². The lowest BCUT2D eigenvalue weighted by Crippen LogP contribution is -1.98. The lowest BCUT2D eigenvalue weighted by atomic mass is 10.2. The van der Waals surface area contributed by atoms with Crippen molar-refractivity contribution < 1.29 is 14.4 Å². The predicted molar refractivity (Wildman–Crippen MR) is 78.1 cm³/mol. The number of nitro groups is 1. The van der Waals surface area contributed by atoms with E-state index in [0.717, 1.165) is 10.0 Å². The van der Waals surface area contributed by atoms with Crippen LogP contribution in [-0.4, -0.2) is 12.0 Å². The molecule has 5 nitrogen and oxygen atoms in total. The van der Waals surface area contributed by atoms with E-state index in [1.807, 2.05) is 24.3 Å². The molecule has 0 amide bonds. The highest BCUT2D eigenvalue weighted by molar-refractivity contribution is 9.10. The lowest BCUT2D eigenvalue weighted by Gasteiger charge is -2.10. The molecule has 0 N–H and O–H groups in total. The Morgan fingerprint density at radius 2 is 1.85 bits per heavy atom. The molecule has 2 aromatic carbocycles. The van der Waals surface area contributed by atoms with E-state index in [0.29, 0.717) is 18.1 Å². The molecule has 0 saturated carbocycles. The van der Waals surface area contributed by atoms with Crippen LogP contribution in [0.3, 0.4) is 0 Å². The van der Waals surface area contributed by atoms with Gasteiger partial charge in [0.05, 0.1) is 18.1 Å². The van der Waals surface area contributed by atoms with Gasteiger partial charge in [0.2, 0.25) is 0 Å². The van der Waals surface area contributed by atoms with Crippen LogP contribution in [0.2, 0.25) is 0 Å². The number of halogens is 1. The highest BCUT2D eigenvalue weighted by atomic mass is 79.9. The molecule has 6 heteroatoms. The zero-order valence-corrected chi connectivity index (χ0v) is 12.3. The third kappa shape index (κ3) is 3.48. The highest BCUT2D eigenvalue weighted by Crippen LogP contribution is 2.31. The van der Waals surface area contributed by atoms with Crippen molar-refractivity contribution in [3.8, 4) is 11.5 Å². The van der Waals surface area contributed by atoms with E-state index in [2.05, 4.69) is 15.9 Å². The average Bonchev–Trinajstić information content (AvgIpc) is 2.46. The molecular weight excluding hydrogens is 326 g/mol. The van der Waals surface area contributed by atoms with Gasteiger partial charge in [-0.25, -0.2) is 0 Å². The Bertz CT molecular complexity index is 613. The number of rotatable bonds is 5. The second-order valence-corrected chi connectivity index (χ2v) is 4.92. The minimum atomic E-state index is -0.471. The summed E-state index contributed by atoms with van der Waals surface area (Å²) in [4.78, 5) is 10.2. The molecule has 0 fully saturated rings. The Labute approximate surface area is 124 Å². The number of hydrogen-bond donors (Lipinski definition) is 0. The third-order valence-electron chi connectivity index (χ3n) is 2.67. The molecule has 0 unspecified atom stereocenters. The summed E-state index contributed by atoms with van der Waals surface area (Å²) in [5.41, 5.74) is 0.964. The van der Waals surface area contributed by atoms with Gasteiger partial charge in [-0.2, -0.15) is 0 Å². The van der Waals surface area contributed by atoms with Crippen LogP contribution in [0.5, 0.6) is 11.5 Å². The fourth-order valence-electron chi connectivity index (χ4n) is 1.63. The van der Waals surface area contributed by atoms with Gasteiger partial charge < -0.3 is 9.47 Å². The average molecular weight is 338 g/mol. The van der Waals surface area contributed by atoms with Crippen LogP contribution in [0.25, 0.3) is 0 Å². The van der Waals surface area contributed by atoms with Crippen LogP contribution in [-0.2, 0) is 6.61 Å². The Hall–Kier alpha value is -2.08. The normalized spacial score (nSPS) is 10.1. The Morgan fingerprint density at radius 3 is 2.45 bits per heavy atom. The van der Waals surface area contributed by atoms with Gasteiger partial charge in [0, 0.05) is 10.5 Å². The minimum absolute atomic E-state index is 0.0298. The van der Waals surface area contributed by atoms with E-state index in [4.69, 9.17) is 9.47 Å². The number of hydrogen-bond acceptors (Lipinski definition) is 4. The number of methoxy groups -OCH3 is 1. The second-order valence-electron chi connectivity index (χ2n) is 4.01. The molecule has 0 aromatic heterocycles. The Kier molecular flexibility index (Phi) is 4.57. The van der Waals surface area contributed by atoms with Crippen molar-refractivity contribution in [3.05, 3.63) is 62.6 Å². The summed E-state index contributed by atoms with van der Waals surface area (Å²) < 4.78 is 11.7.